The molecule has 2 aromatic heterocycles. The number of anilines is 2. The van der Waals surface area contributed by atoms with Crippen molar-refractivity contribution in [2.24, 2.45) is 0 Å². The minimum atomic E-state index is 0.301. The molecule has 0 unspecified atom stereocenters. The number of nitrogens with zero attached hydrogens (tertiary/aromatic N) is 5. The lowest BCUT2D eigenvalue weighted by molar-refractivity contribution is 0.112. The van der Waals surface area contributed by atoms with E-state index in [2.05, 4.69) is 30.7 Å². The maximum atomic E-state index is 11.3. The van der Waals surface area contributed by atoms with Crippen LogP contribution in [0.25, 0.3) is 5.95 Å². The topological polar surface area (TPSA) is 116 Å². The predicted octanol–water partition coefficient (Wildman–Crippen LogP) is 3.42. The summed E-state index contributed by atoms with van der Waals surface area (Å²) in [6.45, 7) is 2.79. The highest BCUT2D eigenvalue weighted by molar-refractivity contribution is 5.76. The molecule has 4 aromatic rings. The summed E-state index contributed by atoms with van der Waals surface area (Å²) in [5.41, 5.74) is 3.19. The van der Waals surface area contributed by atoms with Crippen molar-refractivity contribution in [3.63, 3.8) is 0 Å². The second kappa shape index (κ2) is 10.4. The van der Waals surface area contributed by atoms with E-state index in [1.807, 2.05) is 48.5 Å². The van der Waals surface area contributed by atoms with Crippen LogP contribution in [0.1, 0.15) is 27.2 Å². The summed E-state index contributed by atoms with van der Waals surface area (Å²) in [5.74, 6) is 2.63. The van der Waals surface area contributed by atoms with E-state index in [9.17, 15) is 4.79 Å². The number of methoxy groups -OCH3 is 2. The number of carbonyl (C=O) groups excluding carboxylic acids is 1. The van der Waals surface area contributed by atoms with Crippen molar-refractivity contribution >= 4 is 18.2 Å². The second-order valence-corrected chi connectivity index (χ2v) is 7.40. The van der Waals surface area contributed by atoms with E-state index in [4.69, 9.17) is 9.47 Å². The van der Waals surface area contributed by atoms with Crippen LogP contribution in [-0.4, -0.2) is 45.2 Å². The molecule has 34 heavy (non-hydrogen) atoms. The van der Waals surface area contributed by atoms with E-state index in [1.165, 1.54) is 10.9 Å². The first kappa shape index (κ1) is 22.7. The van der Waals surface area contributed by atoms with Crippen LogP contribution >= 0.6 is 0 Å². The van der Waals surface area contributed by atoms with Gasteiger partial charge < -0.3 is 20.1 Å². The largest absolute Gasteiger partial charge is 0.497 e. The molecule has 2 heterocycles. The molecule has 2 aromatic carbocycles. The quantitative estimate of drug-likeness (QED) is 0.344. The summed E-state index contributed by atoms with van der Waals surface area (Å²) in [6, 6.07) is 15.4. The molecule has 0 aliphatic heterocycles. The number of nitrogens with one attached hydrogen (secondary N) is 2. The Labute approximate surface area is 197 Å². The standard InChI is InChI=1S/C24H25N7O3/c1-16-19(15-32)14-27-31(16)24-29-22(25-12-17-4-8-20(33-2)9-5-17)28-23(30-24)26-13-18-6-10-21(34-3)11-7-18/h4-11,14-15H,12-13H2,1-3H3,(H2,25,26,28,29,30). The zero-order chi connectivity index (χ0) is 23.9. The van der Waals surface area contributed by atoms with Crippen molar-refractivity contribution in [1.29, 1.82) is 0 Å². The van der Waals surface area contributed by atoms with Crippen LogP contribution in [0.5, 0.6) is 11.5 Å². The number of benzene rings is 2. The third kappa shape index (κ3) is 5.29. The van der Waals surface area contributed by atoms with Crippen LogP contribution in [0.15, 0.2) is 54.7 Å². The molecule has 0 atom stereocenters. The SMILES string of the molecule is COc1ccc(CNc2nc(NCc3ccc(OC)cc3)nc(-n3ncc(C=O)c3C)n2)cc1. The molecule has 0 amide bonds. The van der Waals surface area contributed by atoms with Crippen LogP contribution in [0, 0.1) is 6.92 Å². The zero-order valence-corrected chi connectivity index (χ0v) is 19.1. The van der Waals surface area contributed by atoms with Crippen LogP contribution in [0.2, 0.25) is 0 Å². The minimum Gasteiger partial charge on any atom is -0.497 e. The van der Waals surface area contributed by atoms with Gasteiger partial charge in [-0.25, -0.2) is 4.68 Å². The van der Waals surface area contributed by atoms with Gasteiger partial charge in [0, 0.05) is 13.1 Å². The van der Waals surface area contributed by atoms with Gasteiger partial charge in [-0.3, -0.25) is 4.79 Å². The Kier molecular flexibility index (Phi) is 6.97. The summed E-state index contributed by atoms with van der Waals surface area (Å²) >= 11 is 0. The molecule has 0 bridgehead atoms. The van der Waals surface area contributed by atoms with Gasteiger partial charge in [-0.2, -0.15) is 20.1 Å². The van der Waals surface area contributed by atoms with Gasteiger partial charge in [0.1, 0.15) is 11.5 Å². The van der Waals surface area contributed by atoms with E-state index in [-0.39, 0.29) is 0 Å². The Balaban J connectivity index is 1.58. The van der Waals surface area contributed by atoms with E-state index in [0.717, 1.165) is 28.9 Å². The molecule has 0 radical (unpaired) electrons. The summed E-state index contributed by atoms with van der Waals surface area (Å²) in [6.07, 6.45) is 2.24. The van der Waals surface area contributed by atoms with E-state index >= 15 is 0 Å². The normalized spacial score (nSPS) is 10.6. The summed E-state index contributed by atoms with van der Waals surface area (Å²) in [7, 11) is 3.26. The minimum absolute atomic E-state index is 0.301. The highest BCUT2D eigenvalue weighted by atomic mass is 16.5. The molecular weight excluding hydrogens is 434 g/mol. The lowest BCUT2D eigenvalue weighted by Gasteiger charge is -2.12. The monoisotopic (exact) mass is 459 g/mol. The predicted molar refractivity (Wildman–Crippen MR) is 128 cm³/mol. The van der Waals surface area contributed by atoms with Crippen LogP contribution in [0.3, 0.4) is 0 Å². The van der Waals surface area contributed by atoms with E-state index in [0.29, 0.717) is 42.2 Å². The number of hydrogen-bond acceptors (Lipinski definition) is 9. The fourth-order valence-electron chi connectivity index (χ4n) is 3.21. The summed E-state index contributed by atoms with van der Waals surface area (Å²) in [4.78, 5) is 24.8. The third-order valence-corrected chi connectivity index (χ3v) is 5.21. The average Bonchev–Trinajstić information content (AvgIpc) is 3.27. The Morgan fingerprint density at radius 3 is 1.74 bits per heavy atom. The number of rotatable bonds is 10. The number of aromatic nitrogens is 5. The smallest absolute Gasteiger partial charge is 0.257 e. The molecule has 0 aliphatic rings. The lowest BCUT2D eigenvalue weighted by atomic mass is 10.2. The Morgan fingerprint density at radius 2 is 1.32 bits per heavy atom. The molecule has 0 spiro atoms. The van der Waals surface area contributed by atoms with Gasteiger partial charge in [-0.15, -0.1) is 0 Å². The van der Waals surface area contributed by atoms with E-state index in [1.54, 1.807) is 21.1 Å². The highest BCUT2D eigenvalue weighted by Crippen LogP contribution is 2.17. The van der Waals surface area contributed by atoms with Crippen LogP contribution < -0.4 is 20.1 Å². The van der Waals surface area contributed by atoms with E-state index < -0.39 is 0 Å². The van der Waals surface area contributed by atoms with Gasteiger partial charge in [0.05, 0.1) is 31.7 Å². The van der Waals surface area contributed by atoms with Gasteiger partial charge in [-0.05, 0) is 42.3 Å². The molecule has 174 valence electrons. The van der Waals surface area contributed by atoms with Crippen molar-refractivity contribution in [2.45, 2.75) is 20.0 Å². The molecular formula is C24H25N7O3. The molecule has 10 heteroatoms. The molecule has 0 saturated carbocycles. The molecule has 10 nitrogen and oxygen atoms in total. The molecule has 0 aliphatic carbocycles. The van der Waals surface area contributed by atoms with Crippen LogP contribution in [-0.2, 0) is 13.1 Å². The van der Waals surface area contributed by atoms with Gasteiger partial charge >= 0.3 is 0 Å². The lowest BCUT2D eigenvalue weighted by Crippen LogP contribution is -2.14. The number of aldehydes is 1. The van der Waals surface area contributed by atoms with Crippen LogP contribution in [0.4, 0.5) is 11.9 Å². The first-order valence-corrected chi connectivity index (χ1v) is 10.6. The van der Waals surface area contributed by atoms with Crippen molar-refractivity contribution in [2.75, 3.05) is 24.9 Å². The fraction of sp³-hybridized carbons (Fsp3) is 0.208. The zero-order valence-electron chi connectivity index (χ0n) is 19.1. The van der Waals surface area contributed by atoms with Crippen molar-refractivity contribution < 1.29 is 14.3 Å². The Hall–Kier alpha value is -4.47. The fourth-order valence-corrected chi connectivity index (χ4v) is 3.21. The molecule has 0 fully saturated rings. The second-order valence-electron chi connectivity index (χ2n) is 7.40. The van der Waals surface area contributed by atoms with Gasteiger partial charge in [0.15, 0.2) is 6.29 Å². The maximum Gasteiger partial charge on any atom is 0.257 e. The van der Waals surface area contributed by atoms with Gasteiger partial charge in [0.25, 0.3) is 5.95 Å². The molecule has 0 saturated heterocycles. The van der Waals surface area contributed by atoms with Gasteiger partial charge in [-0.1, -0.05) is 24.3 Å². The summed E-state index contributed by atoms with van der Waals surface area (Å²) in [5, 5.41) is 10.7. The summed E-state index contributed by atoms with van der Waals surface area (Å²) < 4.78 is 11.9. The number of hydrogen-bond donors (Lipinski definition) is 2. The van der Waals surface area contributed by atoms with Crippen molar-refractivity contribution in [3.8, 4) is 17.4 Å². The highest BCUT2D eigenvalue weighted by Gasteiger charge is 2.13. The van der Waals surface area contributed by atoms with Gasteiger partial charge in [0.2, 0.25) is 11.9 Å². The number of carbonyl (C=O) groups is 1. The first-order valence-electron chi connectivity index (χ1n) is 10.6. The Bertz CT molecular complexity index is 1190. The maximum absolute atomic E-state index is 11.3. The first-order chi connectivity index (χ1) is 16.6. The number of ether oxygens (including phenoxy) is 2. The molecule has 2 N–H and O–H groups in total. The third-order valence-electron chi connectivity index (χ3n) is 5.21. The Morgan fingerprint density at radius 1 is 0.824 bits per heavy atom. The van der Waals surface area contributed by atoms with Crippen molar-refractivity contribution in [1.82, 2.24) is 24.7 Å². The van der Waals surface area contributed by atoms with Crippen molar-refractivity contribution in [3.05, 3.63) is 77.1 Å². The molecule has 4 rings (SSSR count). The average molecular weight is 460 g/mol.